The van der Waals surface area contributed by atoms with Gasteiger partial charge in [-0.05, 0) is 50.2 Å². The van der Waals surface area contributed by atoms with Gasteiger partial charge in [-0.2, -0.15) is 0 Å². The molecule has 1 heterocycles. The fraction of sp³-hybridized carbons (Fsp3) is 0.611. The number of hydrogen-bond acceptors (Lipinski definition) is 5. The Hall–Kier alpha value is -1.79. The number of amides is 1. The second-order valence-electron chi connectivity index (χ2n) is 6.23. The van der Waals surface area contributed by atoms with Crippen molar-refractivity contribution >= 4 is 5.91 Å². The second-order valence-corrected chi connectivity index (χ2v) is 6.23. The van der Waals surface area contributed by atoms with E-state index in [1.165, 1.54) is 0 Å². The van der Waals surface area contributed by atoms with Gasteiger partial charge in [-0.3, -0.25) is 4.79 Å². The van der Waals surface area contributed by atoms with Gasteiger partial charge >= 0.3 is 0 Å². The largest absolute Gasteiger partial charge is 0.497 e. The summed E-state index contributed by atoms with van der Waals surface area (Å²) in [5.41, 5.74) is 0.0481. The van der Waals surface area contributed by atoms with Crippen molar-refractivity contribution < 1.29 is 19.0 Å². The van der Waals surface area contributed by atoms with Gasteiger partial charge in [0.25, 0.3) is 0 Å². The zero-order valence-corrected chi connectivity index (χ0v) is 14.6. The Labute approximate surface area is 143 Å². The zero-order chi connectivity index (χ0) is 17.3. The van der Waals surface area contributed by atoms with Crippen LogP contribution in [0.2, 0.25) is 0 Å². The number of benzene rings is 1. The predicted octanol–water partition coefficient (Wildman–Crippen LogP) is 1.60. The lowest BCUT2D eigenvalue weighted by atomic mass is 9.79. The number of methoxy groups -OCH3 is 2. The Morgan fingerprint density at radius 1 is 1.17 bits per heavy atom. The van der Waals surface area contributed by atoms with Crippen molar-refractivity contribution in [3.05, 3.63) is 24.3 Å². The molecule has 24 heavy (non-hydrogen) atoms. The van der Waals surface area contributed by atoms with Crippen molar-refractivity contribution in [1.29, 1.82) is 0 Å². The van der Waals surface area contributed by atoms with Gasteiger partial charge in [0.1, 0.15) is 11.5 Å². The van der Waals surface area contributed by atoms with Crippen LogP contribution in [0.5, 0.6) is 11.5 Å². The predicted molar refractivity (Wildman–Crippen MR) is 92.5 cm³/mol. The van der Waals surface area contributed by atoms with Gasteiger partial charge < -0.3 is 24.8 Å². The van der Waals surface area contributed by atoms with Crippen LogP contribution >= 0.6 is 0 Å². The Morgan fingerprint density at radius 2 is 1.83 bits per heavy atom. The van der Waals surface area contributed by atoms with Gasteiger partial charge in [-0.1, -0.05) is 0 Å². The molecule has 1 aliphatic heterocycles. The quantitative estimate of drug-likeness (QED) is 0.717. The van der Waals surface area contributed by atoms with Crippen LogP contribution in [0.15, 0.2) is 24.3 Å². The van der Waals surface area contributed by atoms with Crippen LogP contribution in [0.1, 0.15) is 19.3 Å². The minimum absolute atomic E-state index is 0.0116. The maximum absolute atomic E-state index is 12.1. The first-order valence-corrected chi connectivity index (χ1v) is 8.41. The van der Waals surface area contributed by atoms with Crippen LogP contribution in [-0.2, 0) is 9.53 Å². The topological polar surface area (TPSA) is 68.8 Å². The third-order valence-electron chi connectivity index (χ3n) is 4.43. The molecule has 0 radical (unpaired) electrons. The Balaban J connectivity index is 1.70. The molecule has 0 spiro atoms. The van der Waals surface area contributed by atoms with Crippen molar-refractivity contribution in [2.24, 2.45) is 5.41 Å². The molecule has 1 aromatic carbocycles. The molecule has 2 N–H and O–H groups in total. The molecule has 0 unspecified atom stereocenters. The first-order valence-electron chi connectivity index (χ1n) is 8.41. The number of rotatable bonds is 9. The number of ether oxygens (including phenoxy) is 3. The monoisotopic (exact) mass is 336 g/mol. The van der Waals surface area contributed by atoms with E-state index in [1.807, 2.05) is 24.3 Å². The number of piperidine rings is 1. The van der Waals surface area contributed by atoms with Crippen LogP contribution in [0.25, 0.3) is 0 Å². The summed E-state index contributed by atoms with van der Waals surface area (Å²) >= 11 is 0. The van der Waals surface area contributed by atoms with E-state index in [9.17, 15) is 4.79 Å². The van der Waals surface area contributed by atoms with Crippen molar-refractivity contribution in [3.63, 3.8) is 0 Å². The van der Waals surface area contributed by atoms with E-state index in [2.05, 4.69) is 10.6 Å². The summed E-state index contributed by atoms with van der Waals surface area (Å²) < 4.78 is 16.0. The Bertz CT molecular complexity index is 493. The highest BCUT2D eigenvalue weighted by atomic mass is 16.5. The number of hydrogen-bond donors (Lipinski definition) is 2. The fourth-order valence-electron chi connectivity index (χ4n) is 2.94. The van der Waals surface area contributed by atoms with E-state index in [0.29, 0.717) is 26.2 Å². The van der Waals surface area contributed by atoms with Gasteiger partial charge in [0.05, 0.1) is 26.7 Å². The number of nitrogens with one attached hydrogen (secondary N) is 2. The summed E-state index contributed by atoms with van der Waals surface area (Å²) in [6.45, 7) is 3.64. The Kier molecular flexibility index (Phi) is 7.34. The molecular weight excluding hydrogens is 308 g/mol. The summed E-state index contributed by atoms with van der Waals surface area (Å²) in [7, 11) is 3.34. The molecule has 6 nitrogen and oxygen atoms in total. The number of carbonyl (C=O) groups is 1. The van der Waals surface area contributed by atoms with Gasteiger partial charge in [-0.15, -0.1) is 0 Å². The molecule has 0 aliphatic carbocycles. The van der Waals surface area contributed by atoms with E-state index < -0.39 is 0 Å². The fourth-order valence-corrected chi connectivity index (χ4v) is 2.94. The van der Waals surface area contributed by atoms with Crippen molar-refractivity contribution in [1.82, 2.24) is 10.6 Å². The van der Waals surface area contributed by atoms with Crippen LogP contribution < -0.4 is 20.1 Å². The van der Waals surface area contributed by atoms with E-state index in [4.69, 9.17) is 14.2 Å². The van der Waals surface area contributed by atoms with Gasteiger partial charge in [0.15, 0.2) is 0 Å². The third kappa shape index (κ3) is 5.69. The zero-order valence-electron chi connectivity index (χ0n) is 14.6. The van der Waals surface area contributed by atoms with Crippen LogP contribution in [0.3, 0.4) is 0 Å². The molecule has 1 amide bonds. The van der Waals surface area contributed by atoms with E-state index in [1.54, 1.807) is 14.2 Å². The molecule has 0 bridgehead atoms. The van der Waals surface area contributed by atoms with Gasteiger partial charge in [0, 0.05) is 19.1 Å². The van der Waals surface area contributed by atoms with E-state index in [0.717, 1.165) is 37.4 Å². The summed E-state index contributed by atoms with van der Waals surface area (Å²) in [6, 6.07) is 7.33. The van der Waals surface area contributed by atoms with Crippen molar-refractivity contribution in [2.75, 3.05) is 47.1 Å². The van der Waals surface area contributed by atoms with E-state index >= 15 is 0 Å². The normalized spacial score (nSPS) is 16.4. The summed E-state index contributed by atoms with van der Waals surface area (Å²) in [6.07, 6.45) is 2.38. The number of carbonyl (C=O) groups excluding carboxylic acids is 1. The molecule has 1 aromatic rings. The third-order valence-corrected chi connectivity index (χ3v) is 4.43. The summed E-state index contributed by atoms with van der Waals surface area (Å²) in [4.78, 5) is 12.1. The first-order chi connectivity index (χ1) is 11.7. The molecule has 0 saturated carbocycles. The smallest absolute Gasteiger partial charge is 0.223 e. The standard InChI is InChI=1S/C18H28N2O4/c1-22-14-18(8-10-19-11-9-18)13-20-17(21)7-12-24-16-5-3-15(23-2)4-6-16/h3-6,19H,7-14H2,1-2H3,(H,20,21). The summed E-state index contributed by atoms with van der Waals surface area (Å²) in [5.74, 6) is 1.53. The SMILES string of the molecule is COCC1(CNC(=O)CCOc2ccc(OC)cc2)CCNCC1. The average molecular weight is 336 g/mol. The molecule has 0 atom stereocenters. The summed E-state index contributed by atoms with van der Waals surface area (Å²) in [5, 5.41) is 6.38. The second kappa shape index (κ2) is 9.49. The highest BCUT2D eigenvalue weighted by Gasteiger charge is 2.32. The van der Waals surface area contributed by atoms with E-state index in [-0.39, 0.29) is 11.3 Å². The highest BCUT2D eigenvalue weighted by Crippen LogP contribution is 2.28. The molecule has 1 fully saturated rings. The van der Waals surface area contributed by atoms with Crippen LogP contribution in [-0.4, -0.2) is 53.0 Å². The Morgan fingerprint density at radius 3 is 2.46 bits per heavy atom. The lowest BCUT2D eigenvalue weighted by Gasteiger charge is -2.37. The van der Waals surface area contributed by atoms with Crippen molar-refractivity contribution in [2.45, 2.75) is 19.3 Å². The average Bonchev–Trinajstić information content (AvgIpc) is 2.62. The van der Waals surface area contributed by atoms with Crippen LogP contribution in [0, 0.1) is 5.41 Å². The minimum atomic E-state index is 0.0116. The van der Waals surface area contributed by atoms with Crippen LogP contribution in [0.4, 0.5) is 0 Å². The van der Waals surface area contributed by atoms with Crippen molar-refractivity contribution in [3.8, 4) is 11.5 Å². The molecule has 2 rings (SSSR count). The molecule has 1 saturated heterocycles. The maximum atomic E-state index is 12.1. The maximum Gasteiger partial charge on any atom is 0.223 e. The lowest BCUT2D eigenvalue weighted by molar-refractivity contribution is -0.122. The molecule has 0 aromatic heterocycles. The van der Waals surface area contributed by atoms with Gasteiger partial charge in [0.2, 0.25) is 5.91 Å². The molecule has 1 aliphatic rings. The first kappa shape index (κ1) is 18.5. The molecule has 134 valence electrons. The molecule has 6 heteroatoms. The highest BCUT2D eigenvalue weighted by molar-refractivity contribution is 5.76. The lowest BCUT2D eigenvalue weighted by Crippen LogP contribution is -2.47. The molecular formula is C18H28N2O4. The van der Waals surface area contributed by atoms with Gasteiger partial charge in [-0.25, -0.2) is 0 Å². The minimum Gasteiger partial charge on any atom is -0.497 e.